The van der Waals surface area contributed by atoms with Crippen molar-refractivity contribution in [3.63, 3.8) is 0 Å². The molecule has 0 spiro atoms. The molecule has 2 saturated heterocycles. The van der Waals surface area contributed by atoms with E-state index in [0.717, 1.165) is 51.9 Å². The van der Waals surface area contributed by atoms with E-state index < -0.39 is 0 Å². The van der Waals surface area contributed by atoms with Crippen molar-refractivity contribution in [1.29, 1.82) is 0 Å². The minimum Gasteiger partial charge on any atom is -0.379 e. The van der Waals surface area contributed by atoms with Crippen molar-refractivity contribution < 1.29 is 4.74 Å². The second-order valence-corrected chi connectivity index (χ2v) is 8.68. The zero-order chi connectivity index (χ0) is 22.0. The van der Waals surface area contributed by atoms with Crippen LogP contribution in [0, 0.1) is 0 Å². The van der Waals surface area contributed by atoms with Crippen molar-refractivity contribution in [3.05, 3.63) is 71.3 Å². The van der Waals surface area contributed by atoms with Crippen LogP contribution in [0.3, 0.4) is 0 Å². The summed E-state index contributed by atoms with van der Waals surface area (Å²) in [5.74, 6) is 0.834. The lowest BCUT2D eigenvalue weighted by atomic mass is 10.0. The highest BCUT2D eigenvalue weighted by Gasteiger charge is 2.22. The molecule has 32 heavy (non-hydrogen) atoms. The van der Waals surface area contributed by atoms with Crippen molar-refractivity contribution in [3.8, 4) is 0 Å². The number of morpholine rings is 1. The molecule has 0 bridgehead atoms. The minimum atomic E-state index is 0.295. The normalized spacial score (nSPS) is 19.1. The Bertz CT molecular complexity index is 827. The second-order valence-electron chi connectivity index (χ2n) is 8.68. The van der Waals surface area contributed by atoms with E-state index in [-0.39, 0.29) is 0 Å². The highest BCUT2D eigenvalue weighted by atomic mass is 16.5. The summed E-state index contributed by atoms with van der Waals surface area (Å²) >= 11 is 0. The van der Waals surface area contributed by atoms with E-state index >= 15 is 0 Å². The first-order valence-electron chi connectivity index (χ1n) is 11.9. The molecule has 0 saturated carbocycles. The van der Waals surface area contributed by atoms with Crippen molar-refractivity contribution in [1.82, 2.24) is 20.4 Å². The third-order valence-electron chi connectivity index (χ3n) is 6.45. The minimum absolute atomic E-state index is 0.295. The van der Waals surface area contributed by atoms with Gasteiger partial charge in [0.15, 0.2) is 5.96 Å². The maximum atomic E-state index is 5.56. The first-order valence-corrected chi connectivity index (χ1v) is 11.9. The fraction of sp³-hybridized carbons (Fsp3) is 0.500. The molecule has 0 amide bonds. The van der Waals surface area contributed by atoms with Crippen LogP contribution in [0.4, 0.5) is 0 Å². The van der Waals surface area contributed by atoms with Crippen LogP contribution in [0.15, 0.2) is 59.6 Å². The van der Waals surface area contributed by atoms with Crippen molar-refractivity contribution in [2.24, 2.45) is 4.99 Å². The monoisotopic (exact) mass is 435 g/mol. The molecule has 2 aliphatic heterocycles. The Kier molecular flexibility index (Phi) is 8.54. The number of guanidine groups is 1. The third kappa shape index (κ3) is 6.55. The Morgan fingerprint density at radius 3 is 2.28 bits per heavy atom. The van der Waals surface area contributed by atoms with Gasteiger partial charge in [-0.1, -0.05) is 54.6 Å². The third-order valence-corrected chi connectivity index (χ3v) is 6.45. The van der Waals surface area contributed by atoms with Gasteiger partial charge in [-0.05, 0) is 42.6 Å². The summed E-state index contributed by atoms with van der Waals surface area (Å²) in [6.45, 7) is 8.61. The smallest absolute Gasteiger partial charge is 0.191 e. The predicted octanol–water partition coefficient (Wildman–Crippen LogP) is 3.02. The summed E-state index contributed by atoms with van der Waals surface area (Å²) in [5.41, 5.74) is 3.99. The van der Waals surface area contributed by atoms with Gasteiger partial charge in [0.25, 0.3) is 0 Å². The van der Waals surface area contributed by atoms with Gasteiger partial charge in [0.2, 0.25) is 0 Å². The SMILES string of the molecule is CN=C(NCc1ccc(CN2CCCC2)cc1)NCC(c1ccccc1)N1CCOCC1. The lowest BCUT2D eigenvalue weighted by Crippen LogP contribution is -2.46. The lowest BCUT2D eigenvalue weighted by molar-refractivity contribution is 0.0170. The molecule has 2 heterocycles. The molecule has 2 fully saturated rings. The molecule has 0 aromatic heterocycles. The van der Waals surface area contributed by atoms with Crippen LogP contribution in [-0.4, -0.2) is 68.7 Å². The van der Waals surface area contributed by atoms with E-state index in [0.29, 0.717) is 6.04 Å². The number of nitrogens with one attached hydrogen (secondary N) is 2. The first kappa shape index (κ1) is 22.8. The van der Waals surface area contributed by atoms with E-state index in [1.165, 1.54) is 42.6 Å². The summed E-state index contributed by atoms with van der Waals surface area (Å²) in [7, 11) is 1.83. The van der Waals surface area contributed by atoms with Gasteiger partial charge in [-0.3, -0.25) is 14.8 Å². The molecule has 0 radical (unpaired) electrons. The van der Waals surface area contributed by atoms with Gasteiger partial charge < -0.3 is 15.4 Å². The number of ether oxygens (including phenoxy) is 1. The van der Waals surface area contributed by atoms with Gasteiger partial charge in [0, 0.05) is 39.8 Å². The maximum absolute atomic E-state index is 5.56. The molecule has 6 heteroatoms. The fourth-order valence-electron chi connectivity index (χ4n) is 4.58. The molecule has 2 aromatic rings. The van der Waals surface area contributed by atoms with Crippen LogP contribution in [-0.2, 0) is 17.8 Å². The second kappa shape index (κ2) is 12.0. The first-order chi connectivity index (χ1) is 15.8. The topological polar surface area (TPSA) is 52.1 Å². The van der Waals surface area contributed by atoms with Crippen molar-refractivity contribution in [2.45, 2.75) is 32.0 Å². The zero-order valence-corrected chi connectivity index (χ0v) is 19.3. The number of hydrogen-bond donors (Lipinski definition) is 2. The Balaban J connectivity index is 1.29. The van der Waals surface area contributed by atoms with Crippen LogP contribution in [0.1, 0.15) is 35.6 Å². The van der Waals surface area contributed by atoms with E-state index in [4.69, 9.17) is 4.74 Å². The van der Waals surface area contributed by atoms with Gasteiger partial charge >= 0.3 is 0 Å². The molecule has 1 atom stereocenters. The number of benzene rings is 2. The summed E-state index contributed by atoms with van der Waals surface area (Å²) in [6.07, 6.45) is 2.68. The summed E-state index contributed by atoms with van der Waals surface area (Å²) in [5, 5.41) is 7.02. The van der Waals surface area contributed by atoms with E-state index in [2.05, 4.69) is 80.0 Å². The number of hydrogen-bond acceptors (Lipinski definition) is 4. The van der Waals surface area contributed by atoms with Gasteiger partial charge in [-0.15, -0.1) is 0 Å². The van der Waals surface area contributed by atoms with Gasteiger partial charge in [-0.2, -0.15) is 0 Å². The quantitative estimate of drug-likeness (QED) is 0.493. The lowest BCUT2D eigenvalue weighted by Gasteiger charge is -2.35. The zero-order valence-electron chi connectivity index (χ0n) is 19.3. The summed E-state index contributed by atoms with van der Waals surface area (Å²) < 4.78 is 5.56. The van der Waals surface area contributed by atoms with Gasteiger partial charge in [0.1, 0.15) is 0 Å². The molecular formula is C26H37N5O. The van der Waals surface area contributed by atoms with Crippen LogP contribution < -0.4 is 10.6 Å². The molecule has 2 aromatic carbocycles. The Morgan fingerprint density at radius 2 is 1.59 bits per heavy atom. The van der Waals surface area contributed by atoms with Crippen LogP contribution in [0.5, 0.6) is 0 Å². The predicted molar refractivity (Wildman–Crippen MR) is 131 cm³/mol. The molecular weight excluding hydrogens is 398 g/mol. The van der Waals surface area contributed by atoms with E-state index in [9.17, 15) is 0 Å². The summed E-state index contributed by atoms with van der Waals surface area (Å²) in [4.78, 5) is 9.48. The standard InChI is InChI=1S/C26H37N5O/c1-27-26(28-19-22-9-11-23(12-10-22)21-30-13-5-6-14-30)29-20-25(24-7-3-2-4-8-24)31-15-17-32-18-16-31/h2-4,7-12,25H,5-6,13-21H2,1H3,(H2,27,28,29). The fourth-order valence-corrected chi connectivity index (χ4v) is 4.58. The largest absolute Gasteiger partial charge is 0.379 e. The molecule has 0 aliphatic carbocycles. The van der Waals surface area contributed by atoms with Crippen LogP contribution in [0.25, 0.3) is 0 Å². The van der Waals surface area contributed by atoms with Crippen LogP contribution in [0.2, 0.25) is 0 Å². The van der Waals surface area contributed by atoms with Crippen molar-refractivity contribution in [2.75, 3.05) is 53.0 Å². The summed E-state index contributed by atoms with van der Waals surface area (Å²) in [6, 6.07) is 20.0. The molecule has 2 aliphatic rings. The highest BCUT2D eigenvalue weighted by Crippen LogP contribution is 2.21. The highest BCUT2D eigenvalue weighted by molar-refractivity contribution is 5.79. The van der Waals surface area contributed by atoms with Gasteiger partial charge in [0.05, 0.1) is 19.3 Å². The molecule has 2 N–H and O–H groups in total. The number of likely N-dealkylation sites (tertiary alicyclic amines) is 1. The Hall–Kier alpha value is -2.41. The van der Waals surface area contributed by atoms with Crippen LogP contribution >= 0.6 is 0 Å². The molecule has 1 unspecified atom stereocenters. The average Bonchev–Trinajstić information content (AvgIpc) is 3.36. The molecule has 172 valence electrons. The maximum Gasteiger partial charge on any atom is 0.191 e. The Labute approximate surface area is 192 Å². The van der Waals surface area contributed by atoms with Gasteiger partial charge in [-0.25, -0.2) is 0 Å². The van der Waals surface area contributed by atoms with E-state index in [1.54, 1.807) is 0 Å². The Morgan fingerprint density at radius 1 is 0.906 bits per heavy atom. The average molecular weight is 436 g/mol. The number of rotatable bonds is 8. The number of nitrogens with zero attached hydrogens (tertiary/aromatic N) is 3. The van der Waals surface area contributed by atoms with Crippen molar-refractivity contribution >= 4 is 5.96 Å². The molecule has 4 rings (SSSR count). The number of aliphatic imine (C=N–C) groups is 1. The van der Waals surface area contributed by atoms with E-state index in [1.807, 2.05) is 7.05 Å². The molecule has 6 nitrogen and oxygen atoms in total.